The number of benzene rings is 1. The first-order valence-corrected chi connectivity index (χ1v) is 7.45. The fourth-order valence-electron chi connectivity index (χ4n) is 2.55. The molecule has 1 aliphatic heterocycles. The second kappa shape index (κ2) is 9.70. The summed E-state index contributed by atoms with van der Waals surface area (Å²) in [5.74, 6) is 0.319. The number of phenols is 1. The molecule has 0 spiro atoms. The van der Waals surface area contributed by atoms with E-state index in [4.69, 9.17) is 0 Å². The van der Waals surface area contributed by atoms with Crippen molar-refractivity contribution in [1.82, 2.24) is 10.2 Å². The summed E-state index contributed by atoms with van der Waals surface area (Å²) in [4.78, 5) is 2.46. The molecule has 0 aromatic heterocycles. The van der Waals surface area contributed by atoms with Gasteiger partial charge in [-0.3, -0.25) is 4.90 Å². The second-order valence-corrected chi connectivity index (χ2v) is 6.02. The average Bonchev–Trinajstić information content (AvgIpc) is 2.40. The van der Waals surface area contributed by atoms with E-state index in [1.54, 1.807) is 6.07 Å². The standard InChI is InChI=1S/C15H21BrN2O.2ClH/c1-11(2)9-15(18-7-5-17-6-8-18)13-10-12(19)3-4-14(13)16;;/h3-4,10,15,17,19H,1,5-9H2,2H3;2*1H/t15-;;/m1../s1. The molecule has 0 bridgehead atoms. The Morgan fingerprint density at radius 1 is 1.38 bits per heavy atom. The Morgan fingerprint density at radius 3 is 2.57 bits per heavy atom. The molecule has 0 radical (unpaired) electrons. The van der Waals surface area contributed by atoms with E-state index in [1.165, 1.54) is 5.57 Å². The van der Waals surface area contributed by atoms with Gasteiger partial charge in [0.05, 0.1) is 0 Å². The van der Waals surface area contributed by atoms with Gasteiger partial charge in [0.15, 0.2) is 0 Å². The lowest BCUT2D eigenvalue weighted by Gasteiger charge is -2.36. The highest BCUT2D eigenvalue weighted by Gasteiger charge is 2.24. The van der Waals surface area contributed by atoms with Crippen molar-refractivity contribution in [1.29, 1.82) is 0 Å². The predicted molar refractivity (Wildman–Crippen MR) is 96.9 cm³/mol. The van der Waals surface area contributed by atoms with Crippen LogP contribution < -0.4 is 5.32 Å². The largest absolute Gasteiger partial charge is 0.508 e. The normalized spacial score (nSPS) is 16.5. The van der Waals surface area contributed by atoms with Gasteiger partial charge in [-0.1, -0.05) is 21.5 Å². The summed E-state index contributed by atoms with van der Waals surface area (Å²) in [5.41, 5.74) is 2.31. The number of rotatable bonds is 4. The Kier molecular flexibility index (Phi) is 9.58. The lowest BCUT2D eigenvalue weighted by Crippen LogP contribution is -2.45. The summed E-state index contributed by atoms with van der Waals surface area (Å²) in [6.07, 6.45) is 0.919. The molecule has 21 heavy (non-hydrogen) atoms. The van der Waals surface area contributed by atoms with Crippen molar-refractivity contribution in [2.45, 2.75) is 19.4 Å². The number of halogens is 3. The summed E-state index contributed by atoms with van der Waals surface area (Å²) < 4.78 is 1.05. The number of hydrogen-bond acceptors (Lipinski definition) is 3. The van der Waals surface area contributed by atoms with Gasteiger partial charge in [0.2, 0.25) is 0 Å². The summed E-state index contributed by atoms with van der Waals surface area (Å²) in [5, 5.41) is 13.1. The molecule has 0 amide bonds. The van der Waals surface area contributed by atoms with Crippen LogP contribution >= 0.6 is 40.7 Å². The van der Waals surface area contributed by atoms with Crippen molar-refractivity contribution in [3.05, 3.63) is 40.4 Å². The molecule has 0 aliphatic carbocycles. The zero-order valence-corrected chi connectivity index (χ0v) is 15.4. The topological polar surface area (TPSA) is 35.5 Å². The van der Waals surface area contributed by atoms with Gasteiger partial charge in [0.1, 0.15) is 5.75 Å². The second-order valence-electron chi connectivity index (χ2n) is 5.17. The van der Waals surface area contributed by atoms with Crippen molar-refractivity contribution in [2.75, 3.05) is 26.2 Å². The third-order valence-electron chi connectivity index (χ3n) is 3.47. The Hall–Kier alpha value is -0.260. The number of nitrogens with zero attached hydrogens (tertiary/aromatic N) is 1. The van der Waals surface area contributed by atoms with Gasteiger partial charge >= 0.3 is 0 Å². The van der Waals surface area contributed by atoms with E-state index in [9.17, 15) is 5.11 Å². The van der Waals surface area contributed by atoms with Crippen LogP contribution in [0.3, 0.4) is 0 Å². The van der Waals surface area contributed by atoms with E-state index in [1.807, 2.05) is 12.1 Å². The highest BCUT2D eigenvalue weighted by Crippen LogP contribution is 2.34. The molecule has 1 aliphatic rings. The van der Waals surface area contributed by atoms with Gasteiger partial charge in [-0.15, -0.1) is 31.4 Å². The van der Waals surface area contributed by atoms with Gasteiger partial charge in [0, 0.05) is 36.7 Å². The van der Waals surface area contributed by atoms with Gasteiger partial charge < -0.3 is 10.4 Å². The fourth-order valence-corrected chi connectivity index (χ4v) is 3.06. The first kappa shape index (κ1) is 20.7. The van der Waals surface area contributed by atoms with Crippen LogP contribution in [0.5, 0.6) is 5.75 Å². The minimum Gasteiger partial charge on any atom is -0.508 e. The molecule has 1 atom stereocenters. The van der Waals surface area contributed by atoms with Crippen molar-refractivity contribution in [3.63, 3.8) is 0 Å². The zero-order valence-electron chi connectivity index (χ0n) is 12.1. The number of phenolic OH excluding ortho intramolecular Hbond substituents is 1. The summed E-state index contributed by atoms with van der Waals surface area (Å²) in [6, 6.07) is 5.77. The zero-order chi connectivity index (χ0) is 13.8. The molecule has 0 unspecified atom stereocenters. The summed E-state index contributed by atoms with van der Waals surface area (Å²) in [7, 11) is 0. The fraction of sp³-hybridized carbons (Fsp3) is 0.467. The maximum atomic E-state index is 9.74. The molecule has 120 valence electrons. The van der Waals surface area contributed by atoms with Crippen LogP contribution in [0.15, 0.2) is 34.8 Å². The molecule has 0 saturated carbocycles. The molecule has 1 saturated heterocycles. The summed E-state index contributed by atoms with van der Waals surface area (Å²) >= 11 is 3.60. The third-order valence-corrected chi connectivity index (χ3v) is 4.19. The SMILES string of the molecule is C=C(C)C[C@H](c1cc(O)ccc1Br)N1CCNCC1.Cl.Cl. The maximum absolute atomic E-state index is 9.74. The van der Waals surface area contributed by atoms with Crippen LogP contribution in [-0.4, -0.2) is 36.2 Å². The quantitative estimate of drug-likeness (QED) is 0.756. The maximum Gasteiger partial charge on any atom is 0.115 e. The van der Waals surface area contributed by atoms with Gasteiger partial charge in [-0.2, -0.15) is 0 Å². The molecule has 2 rings (SSSR count). The lowest BCUT2D eigenvalue weighted by atomic mass is 9.97. The number of hydrogen-bond donors (Lipinski definition) is 2. The lowest BCUT2D eigenvalue weighted by molar-refractivity contribution is 0.171. The molecule has 1 aromatic rings. The Balaban J connectivity index is 0.00000200. The van der Waals surface area contributed by atoms with Crippen molar-refractivity contribution >= 4 is 40.7 Å². The Labute approximate surface area is 147 Å². The van der Waals surface area contributed by atoms with Crippen LogP contribution in [-0.2, 0) is 0 Å². The average molecular weight is 398 g/mol. The number of nitrogens with one attached hydrogen (secondary N) is 1. The van der Waals surface area contributed by atoms with Crippen molar-refractivity contribution in [2.24, 2.45) is 0 Å². The van der Waals surface area contributed by atoms with Crippen LogP contribution in [0.2, 0.25) is 0 Å². The molecular formula is C15H23BrCl2N2O. The molecule has 1 fully saturated rings. The van der Waals surface area contributed by atoms with E-state index in [0.29, 0.717) is 5.75 Å². The number of piperazine rings is 1. The van der Waals surface area contributed by atoms with Gasteiger partial charge in [-0.05, 0) is 37.1 Å². The van der Waals surface area contributed by atoms with Crippen LogP contribution in [0.1, 0.15) is 24.9 Å². The molecule has 3 nitrogen and oxygen atoms in total. The minimum absolute atomic E-state index is 0. The van der Waals surface area contributed by atoms with E-state index in [-0.39, 0.29) is 30.9 Å². The number of aromatic hydroxyl groups is 1. The van der Waals surface area contributed by atoms with Gasteiger partial charge in [-0.25, -0.2) is 0 Å². The van der Waals surface area contributed by atoms with E-state index >= 15 is 0 Å². The molecule has 6 heteroatoms. The molecular weight excluding hydrogens is 375 g/mol. The highest BCUT2D eigenvalue weighted by molar-refractivity contribution is 9.10. The predicted octanol–water partition coefficient (Wildman–Crippen LogP) is 3.91. The molecule has 2 N–H and O–H groups in total. The highest BCUT2D eigenvalue weighted by atomic mass is 79.9. The smallest absolute Gasteiger partial charge is 0.115 e. The molecule has 1 heterocycles. The summed E-state index contributed by atoms with van der Waals surface area (Å²) in [6.45, 7) is 10.2. The van der Waals surface area contributed by atoms with Crippen LogP contribution in [0, 0.1) is 0 Å². The Morgan fingerprint density at radius 2 is 2.00 bits per heavy atom. The minimum atomic E-state index is 0. The Bertz CT molecular complexity index is 465. The van der Waals surface area contributed by atoms with E-state index in [0.717, 1.165) is 42.6 Å². The van der Waals surface area contributed by atoms with Gasteiger partial charge in [0.25, 0.3) is 0 Å². The molecule has 1 aromatic carbocycles. The first-order valence-electron chi connectivity index (χ1n) is 6.65. The third kappa shape index (κ3) is 5.80. The van der Waals surface area contributed by atoms with Crippen LogP contribution in [0.25, 0.3) is 0 Å². The van der Waals surface area contributed by atoms with Crippen molar-refractivity contribution < 1.29 is 5.11 Å². The van der Waals surface area contributed by atoms with Crippen LogP contribution in [0.4, 0.5) is 0 Å². The van der Waals surface area contributed by atoms with E-state index < -0.39 is 0 Å². The van der Waals surface area contributed by atoms with Crippen molar-refractivity contribution in [3.8, 4) is 5.75 Å². The first-order chi connectivity index (χ1) is 9.08. The van der Waals surface area contributed by atoms with E-state index in [2.05, 4.69) is 39.6 Å². The monoisotopic (exact) mass is 396 g/mol.